The molecule has 2 aromatic rings. The lowest BCUT2D eigenvalue weighted by atomic mass is 9.69. The Morgan fingerprint density at radius 2 is 1.69 bits per heavy atom. The fourth-order valence-electron chi connectivity index (χ4n) is 8.82. The number of nitrogens with zero attached hydrogens (tertiary/aromatic N) is 2. The lowest BCUT2D eigenvalue weighted by Crippen LogP contribution is -2.53. The Balaban J connectivity index is 1.36. The van der Waals surface area contributed by atoms with E-state index in [0.717, 1.165) is 29.6 Å². The summed E-state index contributed by atoms with van der Waals surface area (Å²) in [5, 5.41) is 0. The summed E-state index contributed by atoms with van der Waals surface area (Å²) in [6.45, 7) is 6.33. The van der Waals surface area contributed by atoms with E-state index >= 15 is 0 Å². The number of amides is 1. The second-order valence-electron chi connectivity index (χ2n) is 12.7. The Morgan fingerprint density at radius 1 is 1.00 bits per heavy atom. The van der Waals surface area contributed by atoms with E-state index in [1.54, 1.807) is 36.4 Å². The van der Waals surface area contributed by atoms with Gasteiger partial charge in [0, 0.05) is 11.0 Å². The van der Waals surface area contributed by atoms with Crippen LogP contribution in [0.3, 0.4) is 0 Å². The van der Waals surface area contributed by atoms with Crippen molar-refractivity contribution < 1.29 is 21.6 Å². The molecule has 2 saturated carbocycles. The molecule has 39 heavy (non-hydrogen) atoms. The van der Waals surface area contributed by atoms with Gasteiger partial charge < -0.3 is 0 Å². The SMILES string of the molecule is CC1=C2c3ccccc3N(S(=O)(=O)c3ccccc3)[C@H]2[C@H](C(=O)N2C3C[C@@H]4CC[C@@]3(CS2(=O)=O)C4(C)C)CC1. The molecule has 0 aromatic heterocycles. The molecule has 7 rings (SSSR count). The lowest BCUT2D eigenvalue weighted by Gasteiger charge is -2.40. The number of benzene rings is 2. The molecule has 1 unspecified atom stereocenters. The van der Waals surface area contributed by atoms with Crippen LogP contribution < -0.4 is 4.31 Å². The zero-order valence-corrected chi connectivity index (χ0v) is 24.1. The molecule has 0 N–H and O–H groups in total. The molecule has 5 aliphatic rings. The van der Waals surface area contributed by atoms with Crippen LogP contribution in [0.2, 0.25) is 0 Å². The van der Waals surface area contributed by atoms with Gasteiger partial charge in [0.25, 0.3) is 10.0 Å². The van der Waals surface area contributed by atoms with Crippen molar-refractivity contribution in [3.8, 4) is 0 Å². The first-order valence-corrected chi connectivity index (χ1v) is 16.9. The highest BCUT2D eigenvalue weighted by atomic mass is 32.2. The normalized spacial score (nSPS) is 33.7. The van der Waals surface area contributed by atoms with Gasteiger partial charge in [-0.25, -0.2) is 21.1 Å². The van der Waals surface area contributed by atoms with Crippen LogP contribution in [0.4, 0.5) is 5.69 Å². The number of hydrogen-bond acceptors (Lipinski definition) is 5. The van der Waals surface area contributed by atoms with E-state index in [-0.39, 0.29) is 22.1 Å². The molecule has 1 saturated heterocycles. The van der Waals surface area contributed by atoms with Crippen LogP contribution in [-0.4, -0.2) is 44.9 Å². The van der Waals surface area contributed by atoms with Gasteiger partial charge in [0.15, 0.2) is 0 Å². The molecule has 5 atom stereocenters. The van der Waals surface area contributed by atoms with Crippen molar-refractivity contribution >= 4 is 37.2 Å². The first kappa shape index (κ1) is 25.3. The highest BCUT2D eigenvalue weighted by Gasteiger charge is 2.72. The van der Waals surface area contributed by atoms with Gasteiger partial charge in [-0.3, -0.25) is 9.10 Å². The summed E-state index contributed by atoms with van der Waals surface area (Å²) in [6.07, 6.45) is 3.54. The third-order valence-corrected chi connectivity index (χ3v) is 14.6. The van der Waals surface area contributed by atoms with E-state index in [4.69, 9.17) is 0 Å². The van der Waals surface area contributed by atoms with Crippen LogP contribution in [0.25, 0.3) is 5.57 Å². The molecule has 2 heterocycles. The van der Waals surface area contributed by atoms with Gasteiger partial charge in [-0.05, 0) is 74.1 Å². The Bertz CT molecular complexity index is 1650. The fourth-order valence-corrected chi connectivity index (χ4v) is 13.1. The van der Waals surface area contributed by atoms with Crippen molar-refractivity contribution in [2.45, 2.75) is 69.9 Å². The molecule has 2 aromatic carbocycles. The average molecular weight is 567 g/mol. The number of allylic oxidation sites excluding steroid dienone is 1. The van der Waals surface area contributed by atoms with Crippen molar-refractivity contribution in [1.82, 2.24) is 4.31 Å². The number of fused-ring (bicyclic) bond motifs is 4. The average Bonchev–Trinajstić information content (AvgIpc) is 3.52. The molecule has 3 fully saturated rings. The topological polar surface area (TPSA) is 91.8 Å². The summed E-state index contributed by atoms with van der Waals surface area (Å²) < 4.78 is 58.6. The monoisotopic (exact) mass is 566 g/mol. The summed E-state index contributed by atoms with van der Waals surface area (Å²) in [5.74, 6) is -0.827. The number of hydrogen-bond donors (Lipinski definition) is 0. The quantitative estimate of drug-likeness (QED) is 0.532. The van der Waals surface area contributed by atoms with Gasteiger partial charge in [-0.15, -0.1) is 0 Å². The third kappa shape index (κ3) is 3.11. The minimum atomic E-state index is -4.03. The summed E-state index contributed by atoms with van der Waals surface area (Å²) in [6, 6.07) is 14.5. The van der Waals surface area contributed by atoms with Crippen molar-refractivity contribution in [1.29, 1.82) is 0 Å². The number of carbonyl (C=O) groups excluding carboxylic acids is 1. The lowest BCUT2D eigenvalue weighted by molar-refractivity contribution is -0.133. The zero-order chi connectivity index (χ0) is 27.5. The summed E-state index contributed by atoms with van der Waals surface area (Å²) in [4.78, 5) is 14.7. The Hall–Kier alpha value is -2.65. The Labute approximate surface area is 231 Å². The van der Waals surface area contributed by atoms with Crippen LogP contribution in [0.1, 0.15) is 58.4 Å². The number of sulfonamides is 2. The minimum absolute atomic E-state index is 0.00523. The van der Waals surface area contributed by atoms with E-state index in [0.29, 0.717) is 30.9 Å². The molecule has 1 spiro atoms. The second-order valence-corrected chi connectivity index (χ2v) is 16.3. The second kappa shape index (κ2) is 7.97. The molecular weight excluding hydrogens is 532 g/mol. The molecule has 206 valence electrons. The Kier molecular flexibility index (Phi) is 5.17. The zero-order valence-electron chi connectivity index (χ0n) is 22.5. The van der Waals surface area contributed by atoms with Gasteiger partial charge in [0.1, 0.15) is 0 Å². The minimum Gasteiger partial charge on any atom is -0.273 e. The maximum absolute atomic E-state index is 14.6. The number of para-hydroxylation sites is 1. The number of anilines is 1. The van der Waals surface area contributed by atoms with E-state index in [2.05, 4.69) is 13.8 Å². The molecule has 9 heteroatoms. The van der Waals surface area contributed by atoms with Gasteiger partial charge in [-0.2, -0.15) is 0 Å². The number of rotatable bonds is 3. The smallest absolute Gasteiger partial charge is 0.264 e. The maximum atomic E-state index is 14.6. The van der Waals surface area contributed by atoms with Crippen LogP contribution in [0, 0.1) is 22.7 Å². The van der Waals surface area contributed by atoms with Crippen LogP contribution in [0.5, 0.6) is 0 Å². The predicted octanol–water partition coefficient (Wildman–Crippen LogP) is 4.81. The molecule has 0 radical (unpaired) electrons. The Morgan fingerprint density at radius 3 is 2.41 bits per heavy atom. The fraction of sp³-hybridized carbons (Fsp3) is 0.500. The summed E-state index contributed by atoms with van der Waals surface area (Å²) >= 11 is 0. The summed E-state index contributed by atoms with van der Waals surface area (Å²) in [5.41, 5.74) is 2.66. The van der Waals surface area contributed by atoms with Crippen molar-refractivity contribution in [2.24, 2.45) is 22.7 Å². The van der Waals surface area contributed by atoms with Crippen molar-refractivity contribution in [3.05, 3.63) is 65.7 Å². The largest absolute Gasteiger partial charge is 0.273 e. The summed E-state index contributed by atoms with van der Waals surface area (Å²) in [7, 11) is -7.86. The van der Waals surface area contributed by atoms with Gasteiger partial charge in [0.05, 0.1) is 34.3 Å². The predicted molar refractivity (Wildman–Crippen MR) is 150 cm³/mol. The van der Waals surface area contributed by atoms with E-state index in [1.165, 1.54) is 8.61 Å². The number of carbonyl (C=O) groups is 1. The van der Waals surface area contributed by atoms with E-state index in [9.17, 15) is 21.6 Å². The molecule has 3 aliphatic carbocycles. The maximum Gasteiger partial charge on any atom is 0.264 e. The van der Waals surface area contributed by atoms with Crippen LogP contribution in [-0.2, 0) is 24.8 Å². The molecule has 7 nitrogen and oxygen atoms in total. The molecular formula is C30H34N2O5S2. The van der Waals surface area contributed by atoms with Crippen molar-refractivity contribution in [3.63, 3.8) is 0 Å². The van der Waals surface area contributed by atoms with Gasteiger partial charge in [-0.1, -0.05) is 55.8 Å². The molecule has 2 bridgehead atoms. The van der Waals surface area contributed by atoms with Crippen molar-refractivity contribution in [2.75, 3.05) is 10.1 Å². The van der Waals surface area contributed by atoms with Crippen LogP contribution in [0.15, 0.2) is 65.1 Å². The van der Waals surface area contributed by atoms with E-state index in [1.807, 2.05) is 25.1 Å². The van der Waals surface area contributed by atoms with Crippen LogP contribution >= 0.6 is 0 Å². The first-order valence-electron chi connectivity index (χ1n) is 13.9. The first-order chi connectivity index (χ1) is 18.4. The highest BCUT2D eigenvalue weighted by molar-refractivity contribution is 7.93. The molecule has 1 amide bonds. The van der Waals surface area contributed by atoms with Gasteiger partial charge in [0.2, 0.25) is 15.9 Å². The van der Waals surface area contributed by atoms with E-state index < -0.39 is 43.3 Å². The molecule has 2 aliphatic heterocycles. The third-order valence-electron chi connectivity index (χ3n) is 10.9. The highest BCUT2D eigenvalue weighted by Crippen LogP contribution is 2.70. The van der Waals surface area contributed by atoms with Gasteiger partial charge >= 0.3 is 0 Å². The standard InChI is InChI=1S/C30H34N2O5S2/c1-19-13-14-23(28(33)32-25-17-20-15-16-30(25,29(20,2)3)18-38(32,34)35)27-26(19)22-11-7-8-12-24(22)31(27)39(36,37)21-9-5-4-6-10-21/h4-12,20,23,25,27H,13-18H2,1-3H3/t20-,23+,25?,27-,30-/m0/s1.